The second-order valence-corrected chi connectivity index (χ2v) is 7.25. The van der Waals surface area contributed by atoms with Gasteiger partial charge >= 0.3 is 0 Å². The van der Waals surface area contributed by atoms with Crippen LogP contribution in [0.3, 0.4) is 0 Å². The van der Waals surface area contributed by atoms with E-state index in [1.165, 1.54) is 15.6 Å². The SMILES string of the molecule is CC[C@@H](C#C[C@H](C)c1cccc(C(C)=O)c1)c1csc2ccccc12. The quantitative estimate of drug-likeness (QED) is 0.394. The number of Topliss-reactive ketones (excluding diaryl/α,β-unsaturated/α-hetero) is 1. The van der Waals surface area contributed by atoms with Gasteiger partial charge in [0.05, 0.1) is 0 Å². The van der Waals surface area contributed by atoms with Crippen LogP contribution in [0.5, 0.6) is 0 Å². The first-order valence-corrected chi connectivity index (χ1v) is 9.56. The van der Waals surface area contributed by atoms with Crippen molar-refractivity contribution >= 4 is 27.2 Å². The van der Waals surface area contributed by atoms with E-state index in [0.717, 1.165) is 17.5 Å². The second-order valence-electron chi connectivity index (χ2n) is 6.34. The zero-order valence-electron chi connectivity index (χ0n) is 14.9. The van der Waals surface area contributed by atoms with Crippen molar-refractivity contribution in [1.82, 2.24) is 0 Å². The van der Waals surface area contributed by atoms with Gasteiger partial charge in [-0.1, -0.05) is 55.2 Å². The number of carbonyl (C=O) groups is 1. The Morgan fingerprint density at radius 3 is 2.68 bits per heavy atom. The van der Waals surface area contributed by atoms with Gasteiger partial charge in [-0.05, 0) is 54.3 Å². The number of hydrogen-bond acceptors (Lipinski definition) is 2. The fourth-order valence-corrected chi connectivity index (χ4v) is 4.02. The molecule has 0 fully saturated rings. The summed E-state index contributed by atoms with van der Waals surface area (Å²) >= 11 is 1.79. The van der Waals surface area contributed by atoms with Crippen molar-refractivity contribution in [2.75, 3.05) is 0 Å². The normalized spacial score (nSPS) is 13.1. The molecule has 2 heteroatoms. The first kappa shape index (κ1) is 17.5. The predicted octanol–water partition coefficient (Wildman–Crippen LogP) is 6.40. The minimum Gasteiger partial charge on any atom is -0.295 e. The molecule has 3 aromatic rings. The van der Waals surface area contributed by atoms with Crippen LogP contribution >= 0.6 is 11.3 Å². The summed E-state index contributed by atoms with van der Waals surface area (Å²) in [5, 5.41) is 3.56. The molecule has 0 saturated carbocycles. The highest BCUT2D eigenvalue weighted by Gasteiger charge is 2.12. The minimum atomic E-state index is 0.0955. The highest BCUT2D eigenvalue weighted by atomic mass is 32.1. The Kier molecular flexibility index (Phi) is 5.36. The zero-order chi connectivity index (χ0) is 17.8. The van der Waals surface area contributed by atoms with E-state index in [2.05, 4.69) is 55.3 Å². The molecule has 0 radical (unpaired) electrons. The van der Waals surface area contributed by atoms with Gasteiger partial charge in [0, 0.05) is 22.1 Å². The Labute approximate surface area is 153 Å². The van der Waals surface area contributed by atoms with Gasteiger partial charge in [0.25, 0.3) is 0 Å². The van der Waals surface area contributed by atoms with E-state index in [0.29, 0.717) is 0 Å². The Bertz CT molecular complexity index is 955. The van der Waals surface area contributed by atoms with Crippen molar-refractivity contribution in [3.8, 4) is 11.8 Å². The Morgan fingerprint density at radius 2 is 1.92 bits per heavy atom. The van der Waals surface area contributed by atoms with Gasteiger partial charge in [0.2, 0.25) is 0 Å². The number of carbonyl (C=O) groups excluding carboxylic acids is 1. The van der Waals surface area contributed by atoms with Gasteiger partial charge in [0.15, 0.2) is 5.78 Å². The minimum absolute atomic E-state index is 0.0955. The maximum absolute atomic E-state index is 11.6. The Hall–Kier alpha value is -2.37. The molecule has 0 saturated heterocycles. The van der Waals surface area contributed by atoms with E-state index < -0.39 is 0 Å². The van der Waals surface area contributed by atoms with Crippen molar-refractivity contribution in [3.63, 3.8) is 0 Å². The van der Waals surface area contributed by atoms with Crippen LogP contribution in [-0.4, -0.2) is 5.78 Å². The fourth-order valence-electron chi connectivity index (χ4n) is 3.00. The molecule has 0 bridgehead atoms. The zero-order valence-corrected chi connectivity index (χ0v) is 15.7. The van der Waals surface area contributed by atoms with Gasteiger partial charge in [-0.3, -0.25) is 4.79 Å². The second kappa shape index (κ2) is 7.68. The summed E-state index contributed by atoms with van der Waals surface area (Å²) in [6, 6.07) is 16.3. The summed E-state index contributed by atoms with van der Waals surface area (Å²) in [6.07, 6.45) is 0.994. The molecule has 2 aromatic carbocycles. The molecule has 1 nitrogen and oxygen atoms in total. The summed E-state index contributed by atoms with van der Waals surface area (Å²) in [5.74, 6) is 7.35. The number of benzene rings is 2. The summed E-state index contributed by atoms with van der Waals surface area (Å²) in [7, 11) is 0. The molecule has 0 unspecified atom stereocenters. The van der Waals surface area contributed by atoms with Gasteiger partial charge in [0.1, 0.15) is 0 Å². The molecule has 2 atom stereocenters. The fraction of sp³-hybridized carbons (Fsp3) is 0.261. The average Bonchev–Trinajstić information content (AvgIpc) is 3.06. The molecule has 1 heterocycles. The largest absolute Gasteiger partial charge is 0.295 e. The monoisotopic (exact) mass is 346 g/mol. The molecule has 0 aliphatic rings. The molecule has 0 spiro atoms. The van der Waals surface area contributed by atoms with E-state index in [9.17, 15) is 4.79 Å². The molecule has 0 N–H and O–H groups in total. The van der Waals surface area contributed by atoms with Crippen LogP contribution < -0.4 is 0 Å². The lowest BCUT2D eigenvalue weighted by Gasteiger charge is -2.09. The summed E-state index contributed by atoms with van der Waals surface area (Å²) in [4.78, 5) is 11.6. The molecule has 0 aliphatic carbocycles. The third-order valence-electron chi connectivity index (χ3n) is 4.56. The van der Waals surface area contributed by atoms with E-state index in [1.807, 2.05) is 24.3 Å². The van der Waals surface area contributed by atoms with E-state index >= 15 is 0 Å². The van der Waals surface area contributed by atoms with Crippen molar-refractivity contribution in [2.45, 2.75) is 39.0 Å². The lowest BCUT2D eigenvalue weighted by molar-refractivity contribution is 0.101. The first-order chi connectivity index (χ1) is 12.1. The van der Waals surface area contributed by atoms with Crippen molar-refractivity contribution in [3.05, 3.63) is 70.6 Å². The van der Waals surface area contributed by atoms with Crippen LogP contribution in [0, 0.1) is 11.8 Å². The number of fused-ring (bicyclic) bond motifs is 1. The third-order valence-corrected chi connectivity index (χ3v) is 5.54. The highest BCUT2D eigenvalue weighted by Crippen LogP contribution is 2.32. The first-order valence-electron chi connectivity index (χ1n) is 8.68. The molecule has 3 rings (SSSR count). The number of thiophene rings is 1. The smallest absolute Gasteiger partial charge is 0.159 e. The molecule has 1 aromatic heterocycles. The van der Waals surface area contributed by atoms with Gasteiger partial charge in [-0.2, -0.15) is 0 Å². The molecule has 126 valence electrons. The number of rotatable bonds is 4. The van der Waals surface area contributed by atoms with Crippen LogP contribution in [0.2, 0.25) is 0 Å². The van der Waals surface area contributed by atoms with E-state index in [1.54, 1.807) is 18.3 Å². The van der Waals surface area contributed by atoms with Crippen LogP contribution in [-0.2, 0) is 0 Å². The molecular formula is C23H22OS. The van der Waals surface area contributed by atoms with Gasteiger partial charge in [-0.25, -0.2) is 0 Å². The average molecular weight is 346 g/mol. The maximum atomic E-state index is 11.6. The van der Waals surface area contributed by atoms with Crippen LogP contribution in [0.4, 0.5) is 0 Å². The summed E-state index contributed by atoms with van der Waals surface area (Å²) in [5.41, 5.74) is 3.19. The van der Waals surface area contributed by atoms with Crippen molar-refractivity contribution in [1.29, 1.82) is 0 Å². The standard InChI is InChI=1S/C23H22OS/c1-4-18(22-15-25-23-11-6-5-10-21(22)23)13-12-16(2)19-8-7-9-20(14-19)17(3)24/h5-11,14-16,18H,4H2,1-3H3/t16-,18-/m0/s1. The topological polar surface area (TPSA) is 17.1 Å². The van der Waals surface area contributed by atoms with Crippen LogP contribution in [0.25, 0.3) is 10.1 Å². The molecule has 0 amide bonds. The van der Waals surface area contributed by atoms with Gasteiger partial charge < -0.3 is 0 Å². The summed E-state index contributed by atoms with van der Waals surface area (Å²) in [6.45, 7) is 5.89. The number of hydrogen-bond donors (Lipinski definition) is 0. The van der Waals surface area contributed by atoms with E-state index in [-0.39, 0.29) is 17.6 Å². The maximum Gasteiger partial charge on any atom is 0.159 e. The lowest BCUT2D eigenvalue weighted by atomic mass is 9.94. The lowest BCUT2D eigenvalue weighted by Crippen LogP contribution is -1.97. The Morgan fingerprint density at radius 1 is 1.12 bits per heavy atom. The highest BCUT2D eigenvalue weighted by molar-refractivity contribution is 7.17. The van der Waals surface area contributed by atoms with Gasteiger partial charge in [-0.15, -0.1) is 11.3 Å². The van der Waals surface area contributed by atoms with Crippen LogP contribution in [0.15, 0.2) is 53.9 Å². The third kappa shape index (κ3) is 3.83. The molecule has 0 aliphatic heterocycles. The predicted molar refractivity (Wildman–Crippen MR) is 107 cm³/mol. The molecule has 25 heavy (non-hydrogen) atoms. The Balaban J connectivity index is 1.88. The van der Waals surface area contributed by atoms with Crippen LogP contribution in [0.1, 0.15) is 60.5 Å². The van der Waals surface area contributed by atoms with Crippen molar-refractivity contribution in [2.24, 2.45) is 0 Å². The van der Waals surface area contributed by atoms with Crippen molar-refractivity contribution < 1.29 is 4.79 Å². The van der Waals surface area contributed by atoms with E-state index in [4.69, 9.17) is 0 Å². The number of ketones is 1. The molecular weight excluding hydrogens is 324 g/mol. The summed E-state index contributed by atoms with van der Waals surface area (Å²) < 4.78 is 1.32.